The third-order valence-corrected chi connectivity index (χ3v) is 8.93. The van der Waals surface area contributed by atoms with Gasteiger partial charge in [-0.15, -0.1) is 0 Å². The van der Waals surface area contributed by atoms with E-state index in [1.54, 1.807) is 12.1 Å². The van der Waals surface area contributed by atoms with Crippen LogP contribution in [0.15, 0.2) is 48.5 Å². The van der Waals surface area contributed by atoms with E-state index in [0.29, 0.717) is 12.1 Å². The lowest BCUT2D eigenvalue weighted by Gasteiger charge is -2.40. The van der Waals surface area contributed by atoms with E-state index in [4.69, 9.17) is 5.11 Å². The van der Waals surface area contributed by atoms with Crippen molar-refractivity contribution < 1.29 is 19.5 Å². The number of carbonyl (C=O) groups is 3. The number of hydrogen-bond donors (Lipinski definition) is 3. The third-order valence-electron chi connectivity index (χ3n) is 8.93. The average Bonchev–Trinajstić information content (AvgIpc) is 2.96. The van der Waals surface area contributed by atoms with E-state index in [1.165, 1.54) is 50.5 Å². The predicted molar refractivity (Wildman–Crippen MR) is 163 cm³/mol. The molecule has 41 heavy (non-hydrogen) atoms. The molecule has 0 heterocycles. The Kier molecular flexibility index (Phi) is 10.5. The van der Waals surface area contributed by atoms with Gasteiger partial charge in [0.05, 0.1) is 6.42 Å². The van der Waals surface area contributed by atoms with Crippen LogP contribution >= 0.6 is 0 Å². The van der Waals surface area contributed by atoms with Gasteiger partial charge in [0, 0.05) is 30.4 Å². The standard InChI is InChI=1S/C34H47N3O4/c1-34(2,3)28-10-7-11-29(22-28)36-33(41)37(30-18-16-26(17-19-30)25-8-5-4-6-9-25)23-24-12-14-27(15-13-24)32(40)35-21-20-31(38)39/h7,10-15,22,25-26,30H,4-6,8-9,16-21,23H2,1-3H3,(H,35,40)(H,36,41)(H,38,39). The monoisotopic (exact) mass is 561 g/mol. The quantitative estimate of drug-likeness (QED) is 0.298. The fourth-order valence-electron chi connectivity index (χ4n) is 6.46. The summed E-state index contributed by atoms with van der Waals surface area (Å²) in [5, 5.41) is 14.6. The zero-order valence-electron chi connectivity index (χ0n) is 25.0. The van der Waals surface area contributed by atoms with Crippen LogP contribution in [0.3, 0.4) is 0 Å². The summed E-state index contributed by atoms with van der Waals surface area (Å²) in [6.07, 6.45) is 11.1. The molecule has 0 unspecified atom stereocenters. The van der Waals surface area contributed by atoms with Gasteiger partial charge in [0.15, 0.2) is 0 Å². The minimum atomic E-state index is -0.947. The zero-order valence-corrected chi connectivity index (χ0v) is 25.0. The fraction of sp³-hybridized carbons (Fsp3) is 0.559. The molecule has 0 bridgehead atoms. The van der Waals surface area contributed by atoms with Gasteiger partial charge in [-0.2, -0.15) is 0 Å². The van der Waals surface area contributed by atoms with Gasteiger partial charge >= 0.3 is 12.0 Å². The van der Waals surface area contributed by atoms with Gasteiger partial charge in [-0.05, 0) is 78.3 Å². The zero-order chi connectivity index (χ0) is 29.4. The number of aliphatic carboxylic acids is 1. The van der Waals surface area contributed by atoms with E-state index in [9.17, 15) is 14.4 Å². The molecule has 2 aromatic rings. The van der Waals surface area contributed by atoms with Crippen molar-refractivity contribution in [3.63, 3.8) is 0 Å². The molecule has 3 N–H and O–H groups in total. The lowest BCUT2D eigenvalue weighted by atomic mass is 9.72. The molecule has 7 heteroatoms. The smallest absolute Gasteiger partial charge is 0.322 e. The second-order valence-electron chi connectivity index (χ2n) is 13.0. The molecule has 2 aliphatic rings. The number of carboxylic acid groups (broad SMARTS) is 1. The summed E-state index contributed by atoms with van der Waals surface area (Å²) in [6, 6.07) is 15.4. The van der Waals surface area contributed by atoms with Crippen molar-refractivity contribution in [2.45, 2.75) is 103 Å². The van der Waals surface area contributed by atoms with Gasteiger partial charge in [0.25, 0.3) is 5.91 Å². The lowest BCUT2D eigenvalue weighted by Crippen LogP contribution is -2.44. The van der Waals surface area contributed by atoms with Gasteiger partial charge in [0.1, 0.15) is 0 Å². The summed E-state index contributed by atoms with van der Waals surface area (Å²) in [6.45, 7) is 7.05. The maximum atomic E-state index is 13.8. The predicted octanol–water partition coefficient (Wildman–Crippen LogP) is 7.36. The molecule has 7 nitrogen and oxygen atoms in total. The van der Waals surface area contributed by atoms with E-state index in [2.05, 4.69) is 43.5 Å². The van der Waals surface area contributed by atoms with Gasteiger partial charge in [-0.3, -0.25) is 9.59 Å². The van der Waals surface area contributed by atoms with Crippen LogP contribution in [0.1, 0.15) is 106 Å². The largest absolute Gasteiger partial charge is 0.481 e. The number of nitrogens with zero attached hydrogens (tertiary/aromatic N) is 1. The van der Waals surface area contributed by atoms with Gasteiger partial charge in [-0.1, -0.05) is 77.1 Å². The van der Waals surface area contributed by atoms with Crippen molar-refractivity contribution in [3.05, 3.63) is 65.2 Å². The topological polar surface area (TPSA) is 98.7 Å². The number of anilines is 1. The van der Waals surface area contributed by atoms with Crippen LogP contribution in [0.5, 0.6) is 0 Å². The second-order valence-corrected chi connectivity index (χ2v) is 13.0. The molecule has 0 saturated heterocycles. The highest BCUT2D eigenvalue weighted by Crippen LogP contribution is 2.39. The number of amides is 3. The summed E-state index contributed by atoms with van der Waals surface area (Å²) < 4.78 is 0. The molecule has 2 saturated carbocycles. The Morgan fingerprint density at radius 1 is 0.878 bits per heavy atom. The van der Waals surface area contributed by atoms with E-state index >= 15 is 0 Å². The molecule has 4 rings (SSSR count). The summed E-state index contributed by atoms with van der Waals surface area (Å²) in [5.74, 6) is 0.379. The van der Waals surface area contributed by atoms with Crippen molar-refractivity contribution in [1.29, 1.82) is 0 Å². The van der Waals surface area contributed by atoms with Crippen molar-refractivity contribution >= 4 is 23.6 Å². The average molecular weight is 562 g/mol. The van der Waals surface area contributed by atoms with Gasteiger partial charge in [-0.25, -0.2) is 4.79 Å². The van der Waals surface area contributed by atoms with Crippen molar-refractivity contribution in [2.24, 2.45) is 11.8 Å². The fourth-order valence-corrected chi connectivity index (χ4v) is 6.46. The molecule has 222 valence electrons. The van der Waals surface area contributed by atoms with Crippen molar-refractivity contribution in [1.82, 2.24) is 10.2 Å². The van der Waals surface area contributed by atoms with E-state index in [-0.39, 0.29) is 36.4 Å². The highest BCUT2D eigenvalue weighted by Gasteiger charge is 2.33. The number of rotatable bonds is 9. The summed E-state index contributed by atoms with van der Waals surface area (Å²) in [4.78, 5) is 38.9. The molecular formula is C34H47N3O4. The number of nitrogens with one attached hydrogen (secondary N) is 2. The van der Waals surface area contributed by atoms with Crippen LogP contribution in [0, 0.1) is 11.8 Å². The number of benzene rings is 2. The number of carbonyl (C=O) groups excluding carboxylic acids is 2. The van der Waals surface area contributed by atoms with Crippen LogP contribution in [0.25, 0.3) is 0 Å². The first-order valence-electron chi connectivity index (χ1n) is 15.4. The summed E-state index contributed by atoms with van der Waals surface area (Å²) in [5.41, 5.74) is 3.39. The summed E-state index contributed by atoms with van der Waals surface area (Å²) >= 11 is 0. The van der Waals surface area contributed by atoms with Crippen molar-refractivity contribution in [3.8, 4) is 0 Å². The normalized spacial score (nSPS) is 19.8. The molecule has 0 atom stereocenters. The van der Waals surface area contributed by atoms with E-state index in [1.807, 2.05) is 29.2 Å². The Morgan fingerprint density at radius 2 is 1.54 bits per heavy atom. The molecule has 3 amide bonds. The van der Waals surface area contributed by atoms with E-state index < -0.39 is 5.97 Å². The van der Waals surface area contributed by atoms with Crippen LogP contribution < -0.4 is 10.6 Å². The van der Waals surface area contributed by atoms with Crippen LogP contribution in [0.2, 0.25) is 0 Å². The Bertz CT molecular complexity index is 1170. The Morgan fingerprint density at radius 3 is 2.17 bits per heavy atom. The van der Waals surface area contributed by atoms with Crippen LogP contribution in [-0.2, 0) is 16.8 Å². The molecular weight excluding hydrogens is 514 g/mol. The van der Waals surface area contributed by atoms with Crippen LogP contribution in [-0.4, -0.2) is 40.5 Å². The Balaban J connectivity index is 1.46. The Labute approximate surface area is 245 Å². The van der Waals surface area contributed by atoms with Crippen molar-refractivity contribution in [2.75, 3.05) is 11.9 Å². The lowest BCUT2D eigenvalue weighted by molar-refractivity contribution is -0.136. The Hall–Kier alpha value is -3.35. The van der Waals surface area contributed by atoms with Gasteiger partial charge < -0.3 is 20.6 Å². The minimum absolute atomic E-state index is 0.0143. The molecule has 2 fully saturated rings. The second kappa shape index (κ2) is 14.0. The molecule has 0 spiro atoms. The first-order valence-corrected chi connectivity index (χ1v) is 15.4. The number of urea groups is 1. The first kappa shape index (κ1) is 30.6. The molecule has 0 radical (unpaired) electrons. The molecule has 0 aliphatic heterocycles. The maximum absolute atomic E-state index is 13.8. The maximum Gasteiger partial charge on any atom is 0.322 e. The minimum Gasteiger partial charge on any atom is -0.481 e. The third kappa shape index (κ3) is 8.82. The SMILES string of the molecule is CC(C)(C)c1cccc(NC(=O)N(Cc2ccc(C(=O)NCCC(=O)O)cc2)C2CCC(C3CCCCC3)CC2)c1. The molecule has 2 aromatic carbocycles. The summed E-state index contributed by atoms with van der Waals surface area (Å²) in [7, 11) is 0. The van der Waals surface area contributed by atoms with Gasteiger partial charge in [0.2, 0.25) is 0 Å². The van der Waals surface area contributed by atoms with E-state index in [0.717, 1.165) is 35.9 Å². The molecule has 0 aromatic heterocycles. The number of carboxylic acids is 1. The molecule has 2 aliphatic carbocycles. The highest BCUT2D eigenvalue weighted by molar-refractivity contribution is 5.94. The number of hydrogen-bond acceptors (Lipinski definition) is 3. The highest BCUT2D eigenvalue weighted by atomic mass is 16.4. The van der Waals surface area contributed by atoms with Crippen LogP contribution in [0.4, 0.5) is 10.5 Å². The first-order chi connectivity index (χ1) is 19.6.